The number of ether oxygens (including phenoxy) is 2. The van der Waals surface area contributed by atoms with Crippen molar-refractivity contribution in [3.05, 3.63) is 28.2 Å². The molecule has 0 saturated carbocycles. The molecule has 0 saturated heterocycles. The van der Waals surface area contributed by atoms with E-state index in [-0.39, 0.29) is 12.5 Å². The van der Waals surface area contributed by atoms with Crippen LogP contribution in [0.15, 0.2) is 22.7 Å². The van der Waals surface area contributed by atoms with Crippen LogP contribution in [0.2, 0.25) is 0 Å². The van der Waals surface area contributed by atoms with Crippen LogP contribution in [-0.4, -0.2) is 26.7 Å². The van der Waals surface area contributed by atoms with Crippen LogP contribution in [0.4, 0.5) is 0 Å². The number of benzene rings is 1. The summed E-state index contributed by atoms with van der Waals surface area (Å²) in [5.41, 5.74) is 0.987. The molecular formula is C11H14BrNO3. The van der Waals surface area contributed by atoms with Gasteiger partial charge in [0.15, 0.2) is 0 Å². The largest absolute Gasteiger partial charge is 0.496 e. The van der Waals surface area contributed by atoms with E-state index in [1.54, 1.807) is 7.11 Å². The van der Waals surface area contributed by atoms with Crippen molar-refractivity contribution in [1.82, 2.24) is 5.32 Å². The van der Waals surface area contributed by atoms with Gasteiger partial charge in [0.25, 0.3) is 0 Å². The summed E-state index contributed by atoms with van der Waals surface area (Å²) in [7, 11) is 2.98. The van der Waals surface area contributed by atoms with Crippen LogP contribution in [0.1, 0.15) is 5.56 Å². The Balaban J connectivity index is 2.58. The van der Waals surface area contributed by atoms with Gasteiger partial charge in [-0.2, -0.15) is 0 Å². The highest BCUT2D eigenvalue weighted by Gasteiger charge is 2.04. The van der Waals surface area contributed by atoms with Crippen LogP contribution in [0.3, 0.4) is 0 Å². The van der Waals surface area contributed by atoms with Gasteiger partial charge in [0.2, 0.25) is 0 Å². The van der Waals surface area contributed by atoms with Crippen molar-refractivity contribution in [1.29, 1.82) is 0 Å². The van der Waals surface area contributed by atoms with Crippen LogP contribution < -0.4 is 10.1 Å². The van der Waals surface area contributed by atoms with Gasteiger partial charge in [-0.05, 0) is 18.2 Å². The zero-order chi connectivity index (χ0) is 12.0. The maximum Gasteiger partial charge on any atom is 0.319 e. The first-order valence-electron chi connectivity index (χ1n) is 4.77. The Kier molecular flexibility index (Phi) is 5.28. The predicted octanol–water partition coefficient (Wildman–Crippen LogP) is 1.72. The molecule has 1 aromatic rings. The van der Waals surface area contributed by atoms with Gasteiger partial charge in [-0.25, -0.2) is 0 Å². The van der Waals surface area contributed by atoms with Crippen molar-refractivity contribution < 1.29 is 14.3 Å². The van der Waals surface area contributed by atoms with Gasteiger partial charge in [-0.3, -0.25) is 4.79 Å². The van der Waals surface area contributed by atoms with Crippen molar-refractivity contribution >= 4 is 21.9 Å². The Morgan fingerprint density at radius 2 is 2.19 bits per heavy atom. The number of esters is 1. The minimum Gasteiger partial charge on any atom is -0.496 e. The monoisotopic (exact) mass is 287 g/mol. The number of methoxy groups -OCH3 is 2. The van der Waals surface area contributed by atoms with Gasteiger partial charge in [-0.15, -0.1) is 0 Å². The first-order valence-corrected chi connectivity index (χ1v) is 5.56. The summed E-state index contributed by atoms with van der Waals surface area (Å²) >= 11 is 3.39. The lowest BCUT2D eigenvalue weighted by Crippen LogP contribution is -2.23. The molecule has 1 aromatic carbocycles. The quantitative estimate of drug-likeness (QED) is 0.838. The summed E-state index contributed by atoms with van der Waals surface area (Å²) in [6, 6.07) is 5.73. The second-order valence-electron chi connectivity index (χ2n) is 3.14. The van der Waals surface area contributed by atoms with Crippen LogP contribution >= 0.6 is 15.9 Å². The molecule has 0 aliphatic carbocycles. The first kappa shape index (κ1) is 13.0. The van der Waals surface area contributed by atoms with E-state index in [9.17, 15) is 4.79 Å². The molecule has 0 radical (unpaired) electrons. The first-order chi connectivity index (χ1) is 7.67. The molecule has 1 N–H and O–H groups in total. The number of carbonyl (C=O) groups is 1. The average Bonchev–Trinajstić information content (AvgIpc) is 2.29. The van der Waals surface area contributed by atoms with Crippen LogP contribution in [-0.2, 0) is 16.1 Å². The van der Waals surface area contributed by atoms with Crippen LogP contribution in [0, 0.1) is 0 Å². The fraction of sp³-hybridized carbons (Fsp3) is 0.364. The molecule has 0 aliphatic rings. The molecule has 0 fully saturated rings. The van der Waals surface area contributed by atoms with E-state index < -0.39 is 0 Å². The van der Waals surface area contributed by atoms with E-state index in [0.717, 1.165) is 15.8 Å². The summed E-state index contributed by atoms with van der Waals surface area (Å²) in [4.78, 5) is 10.9. The molecule has 0 amide bonds. The fourth-order valence-electron chi connectivity index (χ4n) is 1.26. The molecule has 16 heavy (non-hydrogen) atoms. The Bertz CT molecular complexity index is 368. The normalized spacial score (nSPS) is 9.94. The van der Waals surface area contributed by atoms with Crippen molar-refractivity contribution in [2.24, 2.45) is 0 Å². The van der Waals surface area contributed by atoms with Gasteiger partial charge >= 0.3 is 5.97 Å². The molecule has 0 atom stereocenters. The number of hydrogen-bond acceptors (Lipinski definition) is 4. The summed E-state index contributed by atoms with van der Waals surface area (Å²) in [5.74, 6) is 0.509. The lowest BCUT2D eigenvalue weighted by atomic mass is 10.2. The van der Waals surface area contributed by atoms with Gasteiger partial charge in [0.05, 0.1) is 20.8 Å². The molecule has 0 unspecified atom stereocenters. The molecule has 0 bridgehead atoms. The highest BCUT2D eigenvalue weighted by Crippen LogP contribution is 2.22. The maximum atomic E-state index is 10.9. The third-order valence-electron chi connectivity index (χ3n) is 2.05. The Morgan fingerprint density at radius 1 is 1.44 bits per heavy atom. The highest BCUT2D eigenvalue weighted by atomic mass is 79.9. The van der Waals surface area contributed by atoms with E-state index in [4.69, 9.17) is 4.74 Å². The van der Waals surface area contributed by atoms with Crippen LogP contribution in [0.5, 0.6) is 5.75 Å². The lowest BCUT2D eigenvalue weighted by Gasteiger charge is -2.09. The van der Waals surface area contributed by atoms with Crippen molar-refractivity contribution in [3.63, 3.8) is 0 Å². The van der Waals surface area contributed by atoms with E-state index in [1.165, 1.54) is 7.11 Å². The fourth-order valence-corrected chi connectivity index (χ4v) is 1.67. The predicted molar refractivity (Wildman–Crippen MR) is 64.4 cm³/mol. The molecule has 4 nitrogen and oxygen atoms in total. The van der Waals surface area contributed by atoms with Crippen molar-refractivity contribution in [3.8, 4) is 5.75 Å². The Labute approximate surface area is 103 Å². The number of halogens is 1. The molecule has 88 valence electrons. The molecule has 5 heteroatoms. The second-order valence-corrected chi connectivity index (χ2v) is 4.05. The lowest BCUT2D eigenvalue weighted by molar-refractivity contribution is -0.139. The molecule has 1 rings (SSSR count). The minimum absolute atomic E-state index is 0.187. The minimum atomic E-state index is -0.283. The van der Waals surface area contributed by atoms with E-state index in [2.05, 4.69) is 26.0 Å². The summed E-state index contributed by atoms with van der Waals surface area (Å²) in [6.07, 6.45) is 0. The van der Waals surface area contributed by atoms with E-state index in [0.29, 0.717) is 6.54 Å². The number of nitrogens with one attached hydrogen (secondary N) is 1. The van der Waals surface area contributed by atoms with Crippen molar-refractivity contribution in [2.45, 2.75) is 6.54 Å². The third-order valence-corrected chi connectivity index (χ3v) is 2.55. The molecular weight excluding hydrogens is 274 g/mol. The van der Waals surface area contributed by atoms with Gasteiger partial charge < -0.3 is 14.8 Å². The topological polar surface area (TPSA) is 47.6 Å². The maximum absolute atomic E-state index is 10.9. The average molecular weight is 288 g/mol. The van der Waals surface area contributed by atoms with E-state index >= 15 is 0 Å². The van der Waals surface area contributed by atoms with Gasteiger partial charge in [-0.1, -0.05) is 15.9 Å². The number of carbonyl (C=O) groups excluding carboxylic acids is 1. The summed E-state index contributed by atoms with van der Waals surface area (Å²) in [6.45, 7) is 0.740. The SMILES string of the molecule is COC(=O)CNCc1cc(Br)ccc1OC. The standard InChI is InChI=1S/C11H14BrNO3/c1-15-10-4-3-9(12)5-8(10)6-13-7-11(14)16-2/h3-5,13H,6-7H2,1-2H3. The highest BCUT2D eigenvalue weighted by molar-refractivity contribution is 9.10. The third kappa shape index (κ3) is 3.83. The van der Waals surface area contributed by atoms with Gasteiger partial charge in [0.1, 0.15) is 5.75 Å². The molecule has 0 heterocycles. The second kappa shape index (κ2) is 6.50. The molecule has 0 aromatic heterocycles. The van der Waals surface area contributed by atoms with E-state index in [1.807, 2.05) is 18.2 Å². The zero-order valence-electron chi connectivity index (χ0n) is 9.25. The summed E-state index contributed by atoms with van der Waals surface area (Å²) in [5, 5.41) is 2.98. The Morgan fingerprint density at radius 3 is 2.81 bits per heavy atom. The Hall–Kier alpha value is -1.07. The molecule has 0 spiro atoms. The summed E-state index contributed by atoms with van der Waals surface area (Å²) < 4.78 is 10.7. The zero-order valence-corrected chi connectivity index (χ0v) is 10.8. The van der Waals surface area contributed by atoms with Crippen LogP contribution in [0.25, 0.3) is 0 Å². The van der Waals surface area contributed by atoms with Gasteiger partial charge in [0, 0.05) is 16.6 Å². The smallest absolute Gasteiger partial charge is 0.319 e. The number of rotatable bonds is 5. The number of hydrogen-bond donors (Lipinski definition) is 1. The van der Waals surface area contributed by atoms with Crippen molar-refractivity contribution in [2.75, 3.05) is 20.8 Å². The molecule has 0 aliphatic heterocycles.